The molecule has 12 heteroatoms. The smallest absolute Gasteiger partial charge is 0.269 e. The van der Waals surface area contributed by atoms with Crippen molar-refractivity contribution in [3.05, 3.63) is 59.9 Å². The summed E-state index contributed by atoms with van der Waals surface area (Å²) in [4.78, 5) is 14.7. The first-order valence-electron chi connectivity index (χ1n) is 10.3. The number of benzene rings is 2. The Morgan fingerprint density at radius 1 is 1.06 bits per heavy atom. The van der Waals surface area contributed by atoms with Crippen LogP contribution in [0.3, 0.4) is 0 Å². The van der Waals surface area contributed by atoms with Crippen molar-refractivity contribution < 1.29 is 22.3 Å². The Morgan fingerprint density at radius 3 is 2.61 bits per heavy atom. The number of hydrogen-bond donors (Lipinski definition) is 0. The van der Waals surface area contributed by atoms with Crippen LogP contribution in [0.1, 0.15) is 10.4 Å². The van der Waals surface area contributed by atoms with E-state index in [4.69, 9.17) is 4.74 Å². The minimum atomic E-state index is -3.87. The summed E-state index contributed by atoms with van der Waals surface area (Å²) in [6.07, 6.45) is 0. The SMILES string of the molecule is O=C1c2ccccc2S(=O)(=O)N1CCSc1nnc(N2CCOCC2)n1-c1cccc(F)c1. The van der Waals surface area contributed by atoms with Gasteiger partial charge >= 0.3 is 0 Å². The van der Waals surface area contributed by atoms with Crippen LogP contribution in [0.15, 0.2) is 58.6 Å². The van der Waals surface area contributed by atoms with Gasteiger partial charge in [0.05, 0.1) is 24.5 Å². The van der Waals surface area contributed by atoms with Gasteiger partial charge in [-0.05, 0) is 30.3 Å². The van der Waals surface area contributed by atoms with Crippen LogP contribution in [0.25, 0.3) is 5.69 Å². The Morgan fingerprint density at radius 2 is 1.85 bits per heavy atom. The van der Waals surface area contributed by atoms with Crippen molar-refractivity contribution in [1.29, 1.82) is 0 Å². The van der Waals surface area contributed by atoms with Gasteiger partial charge in [0.25, 0.3) is 15.9 Å². The maximum absolute atomic E-state index is 14.0. The molecule has 0 N–H and O–H groups in total. The van der Waals surface area contributed by atoms with Crippen LogP contribution in [0, 0.1) is 5.82 Å². The van der Waals surface area contributed by atoms with E-state index in [-0.39, 0.29) is 22.8 Å². The summed E-state index contributed by atoms with van der Waals surface area (Å²) in [7, 11) is -3.87. The van der Waals surface area contributed by atoms with Crippen LogP contribution in [0.5, 0.6) is 0 Å². The summed E-state index contributed by atoms with van der Waals surface area (Å²) >= 11 is 1.25. The fourth-order valence-corrected chi connectivity index (χ4v) is 6.39. The molecule has 0 radical (unpaired) electrons. The molecule has 9 nitrogen and oxygen atoms in total. The molecule has 33 heavy (non-hydrogen) atoms. The molecule has 0 spiro atoms. The molecule has 1 amide bonds. The summed E-state index contributed by atoms with van der Waals surface area (Å²) < 4.78 is 47.6. The third-order valence-electron chi connectivity index (χ3n) is 5.41. The van der Waals surface area contributed by atoms with Crippen LogP contribution >= 0.6 is 11.8 Å². The number of nitrogens with zero attached hydrogens (tertiary/aromatic N) is 5. The van der Waals surface area contributed by atoms with Crippen LogP contribution in [-0.4, -0.2) is 72.0 Å². The number of ether oxygens (including phenoxy) is 1. The molecule has 172 valence electrons. The number of thioether (sulfide) groups is 1. The lowest BCUT2D eigenvalue weighted by Gasteiger charge is -2.28. The molecule has 2 aromatic carbocycles. The van der Waals surface area contributed by atoms with Gasteiger partial charge in [0.15, 0.2) is 5.16 Å². The first kappa shape index (κ1) is 21.9. The Labute approximate surface area is 194 Å². The van der Waals surface area contributed by atoms with Crippen molar-refractivity contribution in [2.24, 2.45) is 0 Å². The summed E-state index contributed by atoms with van der Waals surface area (Å²) in [6, 6.07) is 12.3. The molecule has 0 saturated carbocycles. The monoisotopic (exact) mass is 489 g/mol. The van der Waals surface area contributed by atoms with Crippen molar-refractivity contribution in [1.82, 2.24) is 19.1 Å². The first-order chi connectivity index (χ1) is 16.0. The molecule has 1 aromatic heterocycles. The van der Waals surface area contributed by atoms with E-state index >= 15 is 0 Å². The number of sulfonamides is 1. The molecule has 0 bridgehead atoms. The van der Waals surface area contributed by atoms with Gasteiger partial charge < -0.3 is 9.64 Å². The van der Waals surface area contributed by atoms with E-state index in [0.717, 1.165) is 4.31 Å². The lowest BCUT2D eigenvalue weighted by Crippen LogP contribution is -2.37. The number of fused-ring (bicyclic) bond motifs is 1. The molecule has 3 aromatic rings. The average molecular weight is 490 g/mol. The van der Waals surface area contributed by atoms with Gasteiger partial charge in [-0.25, -0.2) is 17.1 Å². The number of aromatic nitrogens is 3. The van der Waals surface area contributed by atoms with E-state index in [1.165, 1.54) is 36.0 Å². The van der Waals surface area contributed by atoms with E-state index in [0.29, 0.717) is 43.1 Å². The number of hydrogen-bond acceptors (Lipinski definition) is 8. The molecule has 3 heterocycles. The number of halogens is 1. The van der Waals surface area contributed by atoms with Crippen molar-refractivity contribution in [3.8, 4) is 5.69 Å². The van der Waals surface area contributed by atoms with E-state index in [1.807, 2.05) is 4.90 Å². The predicted octanol–water partition coefficient (Wildman–Crippen LogP) is 2.18. The topological polar surface area (TPSA) is 97.6 Å². The minimum Gasteiger partial charge on any atom is -0.378 e. The molecule has 0 aliphatic carbocycles. The maximum atomic E-state index is 14.0. The van der Waals surface area contributed by atoms with Crippen LogP contribution in [0.4, 0.5) is 10.3 Å². The highest BCUT2D eigenvalue weighted by atomic mass is 32.2. The van der Waals surface area contributed by atoms with Crippen molar-refractivity contribution in [3.63, 3.8) is 0 Å². The second kappa shape index (κ2) is 8.76. The van der Waals surface area contributed by atoms with Crippen LogP contribution in [-0.2, 0) is 14.8 Å². The fourth-order valence-electron chi connectivity index (χ4n) is 3.84. The Hall–Kier alpha value is -2.96. The first-order valence-corrected chi connectivity index (χ1v) is 12.7. The summed E-state index contributed by atoms with van der Waals surface area (Å²) in [6.45, 7) is 2.32. The molecule has 1 saturated heterocycles. The quantitative estimate of drug-likeness (QED) is 0.486. The third kappa shape index (κ3) is 3.98. The number of carbonyl (C=O) groups excluding carboxylic acids is 1. The van der Waals surface area contributed by atoms with Gasteiger partial charge in [-0.3, -0.25) is 9.36 Å². The van der Waals surface area contributed by atoms with E-state index in [9.17, 15) is 17.6 Å². The Balaban J connectivity index is 1.39. The molecular formula is C21H20FN5O4S2. The van der Waals surface area contributed by atoms with Gasteiger partial charge in [0.1, 0.15) is 10.7 Å². The fraction of sp³-hybridized carbons (Fsp3) is 0.286. The van der Waals surface area contributed by atoms with Gasteiger partial charge in [0, 0.05) is 25.4 Å². The second-order valence-corrected chi connectivity index (χ2v) is 10.3. The highest BCUT2D eigenvalue weighted by Crippen LogP contribution is 2.32. The zero-order valence-electron chi connectivity index (χ0n) is 17.4. The lowest BCUT2D eigenvalue weighted by atomic mass is 10.2. The standard InChI is InChI=1S/C21H20FN5O4S2/c22-15-4-3-5-16(14-15)27-20(25-8-11-31-12-9-25)23-24-21(27)32-13-10-26-19(28)17-6-1-2-7-18(17)33(26,29)30/h1-7,14H,8-13H2. The summed E-state index contributed by atoms with van der Waals surface area (Å²) in [5.41, 5.74) is 0.737. The molecule has 2 aliphatic rings. The predicted molar refractivity (Wildman–Crippen MR) is 120 cm³/mol. The molecule has 2 aliphatic heterocycles. The van der Waals surface area contributed by atoms with Gasteiger partial charge in [-0.2, -0.15) is 0 Å². The average Bonchev–Trinajstić information content (AvgIpc) is 3.33. The molecule has 0 unspecified atom stereocenters. The van der Waals surface area contributed by atoms with Crippen molar-refractivity contribution >= 4 is 33.6 Å². The number of amides is 1. The number of carbonyl (C=O) groups is 1. The van der Waals surface area contributed by atoms with Crippen LogP contribution < -0.4 is 4.90 Å². The largest absolute Gasteiger partial charge is 0.378 e. The third-order valence-corrected chi connectivity index (χ3v) is 8.16. The van der Waals surface area contributed by atoms with Crippen molar-refractivity contribution in [2.75, 3.05) is 43.5 Å². The van der Waals surface area contributed by atoms with Crippen LogP contribution in [0.2, 0.25) is 0 Å². The maximum Gasteiger partial charge on any atom is 0.269 e. The highest BCUT2D eigenvalue weighted by molar-refractivity contribution is 7.99. The summed E-state index contributed by atoms with van der Waals surface area (Å²) in [5.74, 6) is -0.109. The van der Waals surface area contributed by atoms with E-state index in [1.54, 1.807) is 28.8 Å². The lowest BCUT2D eigenvalue weighted by molar-refractivity contribution is 0.0876. The number of rotatable bonds is 6. The van der Waals surface area contributed by atoms with Gasteiger partial charge in [-0.15, -0.1) is 10.2 Å². The molecular weight excluding hydrogens is 469 g/mol. The Bertz CT molecular complexity index is 1310. The van der Waals surface area contributed by atoms with Crippen molar-refractivity contribution in [2.45, 2.75) is 10.1 Å². The number of anilines is 1. The number of morpholine rings is 1. The Kier molecular flexibility index (Phi) is 5.81. The normalized spacial score (nSPS) is 17.4. The van der Waals surface area contributed by atoms with Gasteiger partial charge in [0.2, 0.25) is 5.95 Å². The van der Waals surface area contributed by atoms with E-state index < -0.39 is 21.7 Å². The highest BCUT2D eigenvalue weighted by Gasteiger charge is 2.40. The molecule has 0 atom stereocenters. The second-order valence-electron chi connectivity index (χ2n) is 7.42. The van der Waals surface area contributed by atoms with E-state index in [2.05, 4.69) is 10.2 Å². The zero-order chi connectivity index (χ0) is 23.0. The zero-order valence-corrected chi connectivity index (χ0v) is 19.1. The van der Waals surface area contributed by atoms with Gasteiger partial charge in [-0.1, -0.05) is 30.0 Å². The minimum absolute atomic E-state index is 0.0244. The molecule has 1 fully saturated rings. The summed E-state index contributed by atoms with van der Waals surface area (Å²) in [5, 5.41) is 9.06. The molecule has 5 rings (SSSR count).